The predicted molar refractivity (Wildman–Crippen MR) is 107 cm³/mol. The summed E-state index contributed by atoms with van der Waals surface area (Å²) in [6, 6.07) is 6.48. The molecule has 4 rings (SSSR count). The maximum atomic E-state index is 13.9. The van der Waals surface area contributed by atoms with Crippen LogP contribution in [-0.4, -0.2) is 73.1 Å². The lowest BCUT2D eigenvalue weighted by molar-refractivity contribution is -0.136. The molecule has 3 aliphatic rings. The molecule has 0 spiro atoms. The Balaban J connectivity index is 1.34. The first kappa shape index (κ1) is 20.3. The number of amides is 2. The molecule has 2 saturated heterocycles. The van der Waals surface area contributed by atoms with Crippen molar-refractivity contribution < 1.29 is 18.7 Å². The Morgan fingerprint density at radius 3 is 2.52 bits per heavy atom. The topological polar surface area (TPSA) is 61.9 Å². The predicted octanol–water partition coefficient (Wildman–Crippen LogP) is 2.05. The van der Waals surface area contributed by atoms with Gasteiger partial charge in [-0.05, 0) is 43.7 Å². The molecular formula is C22H30FN3O3. The molecule has 0 bridgehead atoms. The van der Waals surface area contributed by atoms with Crippen LogP contribution in [0.2, 0.25) is 0 Å². The highest BCUT2D eigenvalue weighted by molar-refractivity contribution is 5.94. The van der Waals surface area contributed by atoms with Crippen molar-refractivity contribution in [2.45, 2.75) is 44.2 Å². The van der Waals surface area contributed by atoms with E-state index in [1.807, 2.05) is 4.90 Å². The molecule has 2 amide bonds. The van der Waals surface area contributed by atoms with Crippen molar-refractivity contribution in [3.8, 4) is 0 Å². The second-order valence-corrected chi connectivity index (χ2v) is 8.41. The minimum atomic E-state index is -0.500. The van der Waals surface area contributed by atoms with Crippen LogP contribution in [0, 0.1) is 11.7 Å². The monoisotopic (exact) mass is 403 g/mol. The SMILES string of the molecule is O=C(NC[C@@H]1CC[C@H](CC(=O)N2CCOCC2)N1CC1CC1)c1ccccc1F. The van der Waals surface area contributed by atoms with Gasteiger partial charge < -0.3 is 15.0 Å². The van der Waals surface area contributed by atoms with Crippen LogP contribution in [-0.2, 0) is 9.53 Å². The maximum absolute atomic E-state index is 13.9. The number of carbonyl (C=O) groups is 2. The molecule has 1 saturated carbocycles. The van der Waals surface area contributed by atoms with Gasteiger partial charge in [-0.3, -0.25) is 14.5 Å². The minimum Gasteiger partial charge on any atom is -0.378 e. The van der Waals surface area contributed by atoms with Gasteiger partial charge in [-0.15, -0.1) is 0 Å². The molecule has 158 valence electrons. The first-order valence-corrected chi connectivity index (χ1v) is 10.8. The zero-order valence-electron chi connectivity index (χ0n) is 16.8. The first-order valence-electron chi connectivity index (χ1n) is 10.8. The van der Waals surface area contributed by atoms with Crippen molar-refractivity contribution in [2.75, 3.05) is 39.4 Å². The van der Waals surface area contributed by atoms with Gasteiger partial charge in [0.25, 0.3) is 5.91 Å². The Bertz CT molecular complexity index is 734. The van der Waals surface area contributed by atoms with Crippen LogP contribution < -0.4 is 5.32 Å². The number of benzene rings is 1. The van der Waals surface area contributed by atoms with Gasteiger partial charge in [-0.25, -0.2) is 4.39 Å². The fraction of sp³-hybridized carbons (Fsp3) is 0.636. The number of carbonyl (C=O) groups excluding carboxylic acids is 2. The summed E-state index contributed by atoms with van der Waals surface area (Å²) in [4.78, 5) is 29.5. The maximum Gasteiger partial charge on any atom is 0.254 e. The van der Waals surface area contributed by atoms with Crippen LogP contribution in [0.15, 0.2) is 24.3 Å². The number of ether oxygens (including phenoxy) is 1. The molecule has 2 heterocycles. The van der Waals surface area contributed by atoms with Gasteiger partial charge >= 0.3 is 0 Å². The molecule has 2 aliphatic heterocycles. The van der Waals surface area contributed by atoms with Crippen LogP contribution in [0.3, 0.4) is 0 Å². The number of morpholine rings is 1. The van der Waals surface area contributed by atoms with Crippen LogP contribution >= 0.6 is 0 Å². The fourth-order valence-corrected chi connectivity index (χ4v) is 4.44. The third-order valence-corrected chi connectivity index (χ3v) is 6.33. The van der Waals surface area contributed by atoms with Gasteiger partial charge in [0.1, 0.15) is 5.82 Å². The summed E-state index contributed by atoms with van der Waals surface area (Å²) in [5, 5.41) is 2.91. The highest BCUT2D eigenvalue weighted by Gasteiger charge is 2.38. The molecule has 7 heteroatoms. The molecule has 6 nitrogen and oxygen atoms in total. The highest BCUT2D eigenvalue weighted by Crippen LogP contribution is 2.35. The molecular weight excluding hydrogens is 373 g/mol. The number of hydrogen-bond acceptors (Lipinski definition) is 4. The minimum absolute atomic E-state index is 0.0817. The molecule has 2 atom stereocenters. The highest BCUT2D eigenvalue weighted by atomic mass is 19.1. The summed E-state index contributed by atoms with van der Waals surface area (Å²) >= 11 is 0. The molecule has 29 heavy (non-hydrogen) atoms. The van der Waals surface area contributed by atoms with Gasteiger partial charge in [0, 0.05) is 44.7 Å². The third kappa shape index (κ3) is 5.14. The Hall–Kier alpha value is -1.99. The van der Waals surface area contributed by atoms with E-state index in [0.717, 1.165) is 19.4 Å². The van der Waals surface area contributed by atoms with Gasteiger partial charge in [0.05, 0.1) is 18.8 Å². The molecule has 0 aromatic heterocycles. The van der Waals surface area contributed by atoms with E-state index in [-0.39, 0.29) is 29.5 Å². The van der Waals surface area contributed by atoms with E-state index in [4.69, 9.17) is 4.74 Å². The van der Waals surface area contributed by atoms with E-state index in [9.17, 15) is 14.0 Å². The smallest absolute Gasteiger partial charge is 0.254 e. The summed E-state index contributed by atoms with van der Waals surface area (Å²) in [7, 11) is 0. The Kier molecular flexibility index (Phi) is 6.45. The number of nitrogens with zero attached hydrogens (tertiary/aromatic N) is 2. The average molecular weight is 403 g/mol. The van der Waals surface area contributed by atoms with Gasteiger partial charge in [-0.2, -0.15) is 0 Å². The van der Waals surface area contributed by atoms with Crippen molar-refractivity contribution in [3.05, 3.63) is 35.6 Å². The summed E-state index contributed by atoms with van der Waals surface area (Å²) in [5.74, 6) is 0.0385. The number of likely N-dealkylation sites (tertiary alicyclic amines) is 1. The number of halogens is 1. The third-order valence-electron chi connectivity index (χ3n) is 6.33. The normalized spacial score (nSPS) is 25.2. The average Bonchev–Trinajstić information content (AvgIpc) is 3.49. The summed E-state index contributed by atoms with van der Waals surface area (Å²) in [5.41, 5.74) is 0.0817. The molecule has 1 aromatic carbocycles. The van der Waals surface area contributed by atoms with Crippen molar-refractivity contribution >= 4 is 11.8 Å². The van der Waals surface area contributed by atoms with Crippen LogP contribution in [0.4, 0.5) is 4.39 Å². The van der Waals surface area contributed by atoms with E-state index >= 15 is 0 Å². The van der Waals surface area contributed by atoms with E-state index in [1.165, 1.54) is 25.0 Å². The number of hydrogen-bond donors (Lipinski definition) is 1. The molecule has 0 radical (unpaired) electrons. The van der Waals surface area contributed by atoms with Gasteiger partial charge in [0.15, 0.2) is 0 Å². The zero-order valence-corrected chi connectivity index (χ0v) is 16.8. The lowest BCUT2D eigenvalue weighted by atomic mass is 10.1. The zero-order chi connectivity index (χ0) is 20.2. The quantitative estimate of drug-likeness (QED) is 0.757. The second-order valence-electron chi connectivity index (χ2n) is 8.41. The van der Waals surface area contributed by atoms with E-state index in [1.54, 1.807) is 12.1 Å². The molecule has 3 fully saturated rings. The van der Waals surface area contributed by atoms with E-state index in [0.29, 0.717) is 45.2 Å². The van der Waals surface area contributed by atoms with Crippen molar-refractivity contribution in [1.29, 1.82) is 0 Å². The molecule has 1 aliphatic carbocycles. The Morgan fingerprint density at radius 2 is 1.79 bits per heavy atom. The second kappa shape index (κ2) is 9.22. The summed E-state index contributed by atoms with van der Waals surface area (Å²) < 4.78 is 19.2. The standard InChI is InChI=1S/C22H30FN3O3/c23-20-4-2-1-3-19(20)22(28)24-14-18-8-7-17(26(18)15-16-5-6-16)13-21(27)25-9-11-29-12-10-25/h1-4,16-18H,5-15H2,(H,24,28)/t17-,18+/m1/s1. The van der Waals surface area contributed by atoms with Crippen molar-refractivity contribution in [1.82, 2.24) is 15.1 Å². The van der Waals surface area contributed by atoms with Crippen molar-refractivity contribution in [2.24, 2.45) is 5.92 Å². The van der Waals surface area contributed by atoms with Crippen LogP contribution in [0.25, 0.3) is 0 Å². The van der Waals surface area contributed by atoms with E-state index in [2.05, 4.69) is 10.2 Å². The lowest BCUT2D eigenvalue weighted by Gasteiger charge is -2.33. The fourth-order valence-electron chi connectivity index (χ4n) is 4.44. The largest absolute Gasteiger partial charge is 0.378 e. The number of nitrogens with one attached hydrogen (secondary N) is 1. The lowest BCUT2D eigenvalue weighted by Crippen LogP contribution is -2.47. The summed E-state index contributed by atoms with van der Waals surface area (Å²) in [6.45, 7) is 4.07. The molecule has 1 aromatic rings. The molecule has 1 N–H and O–H groups in total. The van der Waals surface area contributed by atoms with Crippen LogP contribution in [0.5, 0.6) is 0 Å². The first-order chi connectivity index (χ1) is 14.1. The van der Waals surface area contributed by atoms with E-state index < -0.39 is 5.82 Å². The Morgan fingerprint density at radius 1 is 1.07 bits per heavy atom. The van der Waals surface area contributed by atoms with Gasteiger partial charge in [-0.1, -0.05) is 12.1 Å². The Labute approximate surface area is 171 Å². The van der Waals surface area contributed by atoms with Crippen LogP contribution in [0.1, 0.15) is 42.5 Å². The van der Waals surface area contributed by atoms with Gasteiger partial charge in [0.2, 0.25) is 5.91 Å². The number of rotatable bonds is 7. The van der Waals surface area contributed by atoms with Crippen molar-refractivity contribution in [3.63, 3.8) is 0 Å². The molecule has 0 unspecified atom stereocenters. The summed E-state index contributed by atoms with van der Waals surface area (Å²) in [6.07, 6.45) is 4.93.